The first-order valence-corrected chi connectivity index (χ1v) is 5.05. The first kappa shape index (κ1) is 12.3. The average Bonchev–Trinajstić information content (AvgIpc) is 2.29. The maximum atomic E-state index is 10.3. The van der Waals surface area contributed by atoms with Gasteiger partial charge in [-0.3, -0.25) is 14.6 Å². The van der Waals surface area contributed by atoms with Crippen LogP contribution in [0.3, 0.4) is 0 Å². The van der Waals surface area contributed by atoms with E-state index >= 15 is 0 Å². The Morgan fingerprint density at radius 3 is 2.88 bits per heavy atom. The Hall–Kier alpha value is -1.75. The number of hydrogen-bond donors (Lipinski definition) is 2. The van der Waals surface area contributed by atoms with E-state index < -0.39 is 5.97 Å². The number of carbonyl (C=O) groups is 2. The van der Waals surface area contributed by atoms with Crippen molar-refractivity contribution in [3.05, 3.63) is 29.6 Å². The van der Waals surface area contributed by atoms with E-state index in [-0.39, 0.29) is 6.42 Å². The lowest BCUT2D eigenvalue weighted by Crippen LogP contribution is -2.15. The molecule has 0 aliphatic carbocycles. The molecule has 1 aromatic rings. The van der Waals surface area contributed by atoms with Crippen LogP contribution in [-0.4, -0.2) is 28.9 Å². The van der Waals surface area contributed by atoms with Gasteiger partial charge in [-0.1, -0.05) is 6.07 Å². The van der Waals surface area contributed by atoms with Gasteiger partial charge in [-0.05, 0) is 24.6 Å². The number of carboxylic acid groups (broad SMARTS) is 1. The van der Waals surface area contributed by atoms with Crippen molar-refractivity contribution < 1.29 is 14.7 Å². The predicted molar refractivity (Wildman–Crippen MR) is 58.2 cm³/mol. The standard InChI is InChI=1S/C11H14N2O3/c14-8-10-4-3-9(7-13-10)6-12-5-1-2-11(15)16/h3-4,7-8,12H,1-2,5-6H2,(H,15,16). The number of aldehydes is 1. The zero-order valence-electron chi connectivity index (χ0n) is 8.85. The maximum Gasteiger partial charge on any atom is 0.303 e. The smallest absolute Gasteiger partial charge is 0.303 e. The summed E-state index contributed by atoms with van der Waals surface area (Å²) in [7, 11) is 0. The van der Waals surface area contributed by atoms with Gasteiger partial charge in [0.1, 0.15) is 5.69 Å². The monoisotopic (exact) mass is 222 g/mol. The van der Waals surface area contributed by atoms with Crippen molar-refractivity contribution in [3.63, 3.8) is 0 Å². The van der Waals surface area contributed by atoms with Crippen molar-refractivity contribution in [3.8, 4) is 0 Å². The fraction of sp³-hybridized carbons (Fsp3) is 0.364. The molecule has 0 radical (unpaired) electrons. The molecule has 0 aromatic carbocycles. The number of carbonyl (C=O) groups excluding carboxylic acids is 1. The van der Waals surface area contributed by atoms with Gasteiger partial charge in [-0.2, -0.15) is 0 Å². The molecule has 0 aliphatic rings. The SMILES string of the molecule is O=Cc1ccc(CNCCCC(=O)O)cn1. The zero-order valence-corrected chi connectivity index (χ0v) is 8.85. The van der Waals surface area contributed by atoms with Gasteiger partial charge in [0.05, 0.1) is 0 Å². The summed E-state index contributed by atoms with van der Waals surface area (Å²) in [5.41, 5.74) is 1.38. The molecule has 86 valence electrons. The van der Waals surface area contributed by atoms with Crippen molar-refractivity contribution in [2.45, 2.75) is 19.4 Å². The highest BCUT2D eigenvalue weighted by atomic mass is 16.4. The molecule has 0 bridgehead atoms. The van der Waals surface area contributed by atoms with Crippen molar-refractivity contribution in [1.82, 2.24) is 10.3 Å². The van der Waals surface area contributed by atoms with Gasteiger partial charge in [-0.25, -0.2) is 0 Å². The summed E-state index contributed by atoms with van der Waals surface area (Å²) < 4.78 is 0. The molecule has 0 spiro atoms. The molecular weight excluding hydrogens is 208 g/mol. The van der Waals surface area contributed by atoms with Crippen LogP contribution in [0.4, 0.5) is 0 Å². The number of hydrogen-bond acceptors (Lipinski definition) is 4. The van der Waals surface area contributed by atoms with Crippen LogP contribution in [0.25, 0.3) is 0 Å². The molecule has 0 atom stereocenters. The van der Waals surface area contributed by atoms with Gasteiger partial charge < -0.3 is 10.4 Å². The highest BCUT2D eigenvalue weighted by Gasteiger charge is 1.97. The molecule has 2 N–H and O–H groups in total. The number of carboxylic acids is 1. The predicted octanol–water partition coefficient (Wildman–Crippen LogP) is 0.849. The second-order valence-corrected chi connectivity index (χ2v) is 3.38. The van der Waals surface area contributed by atoms with Crippen LogP contribution in [0, 0.1) is 0 Å². The van der Waals surface area contributed by atoms with Crippen LogP contribution in [0.15, 0.2) is 18.3 Å². The Morgan fingerprint density at radius 2 is 2.31 bits per heavy atom. The van der Waals surface area contributed by atoms with Gasteiger partial charge in [0.25, 0.3) is 0 Å². The summed E-state index contributed by atoms with van der Waals surface area (Å²) in [6.45, 7) is 1.29. The van der Waals surface area contributed by atoms with Crippen molar-refractivity contribution in [1.29, 1.82) is 0 Å². The number of rotatable bonds is 7. The third-order valence-electron chi connectivity index (χ3n) is 2.04. The Labute approximate surface area is 93.5 Å². The van der Waals surface area contributed by atoms with Crippen molar-refractivity contribution in [2.75, 3.05) is 6.54 Å². The summed E-state index contributed by atoms with van der Waals surface area (Å²) in [5, 5.41) is 11.5. The van der Waals surface area contributed by atoms with Crippen LogP contribution in [0.5, 0.6) is 0 Å². The fourth-order valence-electron chi connectivity index (χ4n) is 1.21. The van der Waals surface area contributed by atoms with Gasteiger partial charge in [0.2, 0.25) is 0 Å². The molecule has 0 fully saturated rings. The fourth-order valence-corrected chi connectivity index (χ4v) is 1.21. The van der Waals surface area contributed by atoms with E-state index in [2.05, 4.69) is 10.3 Å². The van der Waals surface area contributed by atoms with E-state index in [0.717, 1.165) is 5.56 Å². The second kappa shape index (κ2) is 6.68. The molecular formula is C11H14N2O3. The molecule has 1 aromatic heterocycles. The molecule has 0 saturated carbocycles. The van der Waals surface area contributed by atoms with E-state index in [4.69, 9.17) is 5.11 Å². The highest BCUT2D eigenvalue weighted by Crippen LogP contribution is 1.98. The molecule has 5 heteroatoms. The van der Waals surface area contributed by atoms with Crippen LogP contribution in [0.2, 0.25) is 0 Å². The summed E-state index contributed by atoms with van der Waals surface area (Å²) >= 11 is 0. The molecule has 0 saturated heterocycles. The molecule has 16 heavy (non-hydrogen) atoms. The minimum absolute atomic E-state index is 0.176. The molecule has 1 rings (SSSR count). The van der Waals surface area contributed by atoms with Crippen LogP contribution in [-0.2, 0) is 11.3 Å². The van der Waals surface area contributed by atoms with Gasteiger partial charge in [0.15, 0.2) is 6.29 Å². The Bertz CT molecular complexity index is 349. The summed E-state index contributed by atoms with van der Waals surface area (Å²) in [6.07, 6.45) is 3.11. The average molecular weight is 222 g/mol. The van der Waals surface area contributed by atoms with Gasteiger partial charge in [-0.15, -0.1) is 0 Å². The van der Waals surface area contributed by atoms with E-state index in [1.807, 2.05) is 6.07 Å². The van der Waals surface area contributed by atoms with Crippen LogP contribution in [0.1, 0.15) is 28.9 Å². The second-order valence-electron chi connectivity index (χ2n) is 3.38. The molecule has 5 nitrogen and oxygen atoms in total. The Kier molecular flexibility index (Phi) is 5.15. The summed E-state index contributed by atoms with van der Waals surface area (Å²) in [5.74, 6) is -0.779. The number of aromatic nitrogens is 1. The quantitative estimate of drug-likeness (QED) is 0.528. The minimum Gasteiger partial charge on any atom is -0.481 e. The Balaban J connectivity index is 2.21. The summed E-state index contributed by atoms with van der Waals surface area (Å²) in [4.78, 5) is 24.5. The molecule has 0 amide bonds. The topological polar surface area (TPSA) is 79.3 Å². The number of nitrogens with zero attached hydrogens (tertiary/aromatic N) is 1. The number of aliphatic carboxylic acids is 1. The zero-order chi connectivity index (χ0) is 11.8. The van der Waals surface area contributed by atoms with Gasteiger partial charge in [0, 0.05) is 19.2 Å². The molecule has 0 aliphatic heterocycles. The number of nitrogens with one attached hydrogen (secondary N) is 1. The third-order valence-corrected chi connectivity index (χ3v) is 2.04. The summed E-state index contributed by atoms with van der Waals surface area (Å²) in [6, 6.07) is 3.47. The van der Waals surface area contributed by atoms with Crippen molar-refractivity contribution in [2.24, 2.45) is 0 Å². The normalized spacial score (nSPS) is 10.0. The van der Waals surface area contributed by atoms with Crippen molar-refractivity contribution >= 4 is 12.3 Å². The third kappa shape index (κ3) is 4.65. The van der Waals surface area contributed by atoms with E-state index in [1.54, 1.807) is 12.3 Å². The highest BCUT2D eigenvalue weighted by molar-refractivity contribution is 5.71. The van der Waals surface area contributed by atoms with Crippen LogP contribution >= 0.6 is 0 Å². The lowest BCUT2D eigenvalue weighted by atomic mass is 10.2. The van der Waals surface area contributed by atoms with Gasteiger partial charge >= 0.3 is 5.97 Å². The van der Waals surface area contributed by atoms with E-state index in [9.17, 15) is 9.59 Å². The lowest BCUT2D eigenvalue weighted by molar-refractivity contribution is -0.137. The van der Waals surface area contributed by atoms with Crippen LogP contribution < -0.4 is 5.32 Å². The lowest BCUT2D eigenvalue weighted by Gasteiger charge is -2.03. The van der Waals surface area contributed by atoms with E-state index in [1.165, 1.54) is 0 Å². The molecule has 1 heterocycles. The first-order chi connectivity index (χ1) is 7.72. The maximum absolute atomic E-state index is 10.3. The number of pyridine rings is 1. The molecule has 0 unspecified atom stereocenters. The largest absolute Gasteiger partial charge is 0.481 e. The Morgan fingerprint density at radius 1 is 1.50 bits per heavy atom. The first-order valence-electron chi connectivity index (χ1n) is 5.05. The van der Waals surface area contributed by atoms with E-state index in [0.29, 0.717) is 31.5 Å². The minimum atomic E-state index is -0.779.